The lowest BCUT2D eigenvalue weighted by molar-refractivity contribution is -0.150. The van der Waals surface area contributed by atoms with Gasteiger partial charge in [0.05, 0.1) is 11.3 Å². The van der Waals surface area contributed by atoms with E-state index in [1.807, 2.05) is 4.90 Å². The second-order valence-electron chi connectivity index (χ2n) is 8.90. The highest BCUT2D eigenvalue weighted by Gasteiger charge is 2.54. The number of benzene rings is 1. The van der Waals surface area contributed by atoms with E-state index < -0.39 is 29.3 Å². The van der Waals surface area contributed by atoms with E-state index in [0.29, 0.717) is 40.8 Å². The maximum Gasteiger partial charge on any atom is 0.352 e. The van der Waals surface area contributed by atoms with Crippen LogP contribution in [0.2, 0.25) is 0 Å². The molecular weight excluding hydrogens is 506 g/mol. The zero-order chi connectivity index (χ0) is 25.6. The summed E-state index contributed by atoms with van der Waals surface area (Å²) in [7, 11) is 0. The number of allylic oxidation sites excluding steroid dienone is 1. The summed E-state index contributed by atoms with van der Waals surface area (Å²) in [6.07, 6.45) is 4.20. The molecule has 3 heterocycles. The Bertz CT molecular complexity index is 1220. The van der Waals surface area contributed by atoms with Gasteiger partial charge >= 0.3 is 11.9 Å². The molecule has 0 spiro atoms. The highest BCUT2D eigenvalue weighted by atomic mass is 32.2. The standard InChI is InChI=1S/C24H23N3O7S2/c28-17(11-35-16-5-1-12(2-6-16)23(31)32)25-18-21(30)27-19(24(33)34)14(10-36-22(18)27)9-13-7-8-26(20(13)29)15-3-4-15/h1-2,5-6,9,15,18,22H,3-4,7-8,10-11H2,(H,25,28)(H,31,32)(H,33,34)/b13-9+/t18-,22-/m1/s1. The summed E-state index contributed by atoms with van der Waals surface area (Å²) < 4.78 is 0. The predicted molar refractivity (Wildman–Crippen MR) is 131 cm³/mol. The molecule has 188 valence electrons. The van der Waals surface area contributed by atoms with Crippen molar-refractivity contribution < 1.29 is 34.2 Å². The number of fused-ring (bicyclic) bond motifs is 1. The third kappa shape index (κ3) is 4.62. The van der Waals surface area contributed by atoms with Gasteiger partial charge < -0.3 is 20.4 Å². The van der Waals surface area contributed by atoms with Crippen LogP contribution in [0.4, 0.5) is 0 Å². The molecule has 10 nitrogen and oxygen atoms in total. The number of hydrogen-bond donors (Lipinski definition) is 3. The summed E-state index contributed by atoms with van der Waals surface area (Å²) in [6, 6.07) is 5.57. The first-order valence-corrected chi connectivity index (χ1v) is 13.5. The van der Waals surface area contributed by atoms with Crippen LogP contribution >= 0.6 is 23.5 Å². The van der Waals surface area contributed by atoms with Crippen molar-refractivity contribution in [2.24, 2.45) is 0 Å². The SMILES string of the molecule is O=C(CSc1ccc(C(=O)O)cc1)N[C@@H]1C(=O)N2C(C(=O)O)=C(/C=C3\CCN(C4CC4)C3=O)CS[C@H]12. The number of thioether (sulfide) groups is 2. The number of carbonyl (C=O) groups excluding carboxylic acids is 3. The Kier molecular flexibility index (Phi) is 6.56. The van der Waals surface area contributed by atoms with Gasteiger partial charge in [0.25, 0.3) is 5.91 Å². The van der Waals surface area contributed by atoms with E-state index in [0.717, 1.165) is 12.8 Å². The Hall–Kier alpha value is -3.25. The van der Waals surface area contributed by atoms with Crippen LogP contribution in [0.1, 0.15) is 29.6 Å². The molecule has 0 aromatic heterocycles. The monoisotopic (exact) mass is 529 g/mol. The summed E-state index contributed by atoms with van der Waals surface area (Å²) in [5, 5.41) is 21.0. The van der Waals surface area contributed by atoms with E-state index in [1.165, 1.54) is 40.6 Å². The number of rotatable bonds is 8. The highest BCUT2D eigenvalue weighted by Crippen LogP contribution is 2.42. The Morgan fingerprint density at radius 3 is 2.47 bits per heavy atom. The summed E-state index contributed by atoms with van der Waals surface area (Å²) in [5.41, 5.74) is 1.02. The van der Waals surface area contributed by atoms with Crippen LogP contribution in [0.25, 0.3) is 0 Å². The Balaban J connectivity index is 1.23. The summed E-state index contributed by atoms with van der Waals surface area (Å²) in [4.78, 5) is 64.8. The molecule has 1 aliphatic carbocycles. The van der Waals surface area contributed by atoms with Crippen LogP contribution < -0.4 is 5.32 Å². The number of nitrogens with zero attached hydrogens (tertiary/aromatic N) is 2. The van der Waals surface area contributed by atoms with Gasteiger partial charge in [0, 0.05) is 28.8 Å². The number of aliphatic carboxylic acids is 1. The van der Waals surface area contributed by atoms with E-state index in [-0.39, 0.29) is 28.8 Å². The number of likely N-dealkylation sites (tertiary alicyclic amines) is 1. The average molecular weight is 530 g/mol. The predicted octanol–water partition coefficient (Wildman–Crippen LogP) is 1.54. The van der Waals surface area contributed by atoms with Gasteiger partial charge in [-0.3, -0.25) is 19.3 Å². The first-order valence-electron chi connectivity index (χ1n) is 11.4. The zero-order valence-electron chi connectivity index (χ0n) is 19.0. The number of nitrogens with one attached hydrogen (secondary N) is 1. The number of aromatic carboxylic acids is 1. The summed E-state index contributed by atoms with van der Waals surface area (Å²) in [6.45, 7) is 0.638. The van der Waals surface area contributed by atoms with Gasteiger partial charge in [0.15, 0.2) is 0 Å². The van der Waals surface area contributed by atoms with Crippen LogP contribution in [-0.4, -0.2) is 85.2 Å². The molecule has 2 saturated heterocycles. The van der Waals surface area contributed by atoms with Crippen molar-refractivity contribution in [3.63, 3.8) is 0 Å². The van der Waals surface area contributed by atoms with E-state index >= 15 is 0 Å². The van der Waals surface area contributed by atoms with Crippen LogP contribution in [-0.2, 0) is 19.2 Å². The Morgan fingerprint density at radius 1 is 1.11 bits per heavy atom. The van der Waals surface area contributed by atoms with Gasteiger partial charge in [0.2, 0.25) is 11.8 Å². The minimum atomic E-state index is -1.24. The van der Waals surface area contributed by atoms with Crippen molar-refractivity contribution in [1.82, 2.24) is 15.1 Å². The summed E-state index contributed by atoms with van der Waals surface area (Å²) >= 11 is 2.56. The molecule has 4 aliphatic rings. The maximum absolute atomic E-state index is 12.9. The van der Waals surface area contributed by atoms with Crippen LogP contribution in [0, 0.1) is 0 Å². The minimum absolute atomic E-state index is 0.0200. The number of carboxylic acids is 2. The number of carbonyl (C=O) groups is 5. The molecule has 3 fully saturated rings. The van der Waals surface area contributed by atoms with E-state index in [9.17, 15) is 29.1 Å². The van der Waals surface area contributed by atoms with E-state index in [4.69, 9.17) is 5.11 Å². The van der Waals surface area contributed by atoms with Gasteiger partial charge in [-0.15, -0.1) is 23.5 Å². The van der Waals surface area contributed by atoms with Crippen LogP contribution in [0.15, 0.2) is 52.1 Å². The molecule has 5 rings (SSSR count). The van der Waals surface area contributed by atoms with Gasteiger partial charge in [-0.2, -0.15) is 0 Å². The number of β-lactam (4-membered cyclic amide) rings is 1. The fourth-order valence-electron chi connectivity index (χ4n) is 4.52. The van der Waals surface area contributed by atoms with Crippen molar-refractivity contribution in [1.29, 1.82) is 0 Å². The second kappa shape index (κ2) is 9.66. The van der Waals surface area contributed by atoms with E-state index in [2.05, 4.69) is 5.32 Å². The molecule has 1 aromatic rings. The average Bonchev–Trinajstić information content (AvgIpc) is 3.64. The molecule has 2 atom stereocenters. The second-order valence-corrected chi connectivity index (χ2v) is 11.1. The normalized spacial score (nSPS) is 24.6. The Labute approximate surface area is 214 Å². The van der Waals surface area contributed by atoms with Gasteiger partial charge in [-0.1, -0.05) is 0 Å². The summed E-state index contributed by atoms with van der Waals surface area (Å²) in [5.74, 6) is -2.88. The third-order valence-corrected chi connectivity index (χ3v) is 8.80. The largest absolute Gasteiger partial charge is 0.478 e. The molecule has 0 bridgehead atoms. The molecule has 0 radical (unpaired) electrons. The smallest absolute Gasteiger partial charge is 0.352 e. The lowest BCUT2D eigenvalue weighted by Gasteiger charge is -2.49. The van der Waals surface area contributed by atoms with Crippen molar-refractivity contribution in [2.45, 2.75) is 41.6 Å². The van der Waals surface area contributed by atoms with Gasteiger partial charge in [-0.25, -0.2) is 9.59 Å². The molecule has 1 aromatic carbocycles. The molecular formula is C24H23N3O7S2. The molecule has 36 heavy (non-hydrogen) atoms. The number of carboxylic acid groups (broad SMARTS) is 2. The minimum Gasteiger partial charge on any atom is -0.478 e. The molecule has 3 N–H and O–H groups in total. The van der Waals surface area contributed by atoms with Gasteiger partial charge in [0.1, 0.15) is 17.1 Å². The van der Waals surface area contributed by atoms with Gasteiger partial charge in [-0.05, 0) is 55.2 Å². The fourth-order valence-corrected chi connectivity index (χ4v) is 6.54. The lowest BCUT2D eigenvalue weighted by Crippen LogP contribution is -2.70. The number of hydrogen-bond acceptors (Lipinski definition) is 7. The Morgan fingerprint density at radius 2 is 1.83 bits per heavy atom. The fraction of sp³-hybridized carbons (Fsp3) is 0.375. The molecule has 12 heteroatoms. The van der Waals surface area contributed by atoms with Crippen LogP contribution in [0.3, 0.4) is 0 Å². The molecule has 1 saturated carbocycles. The van der Waals surface area contributed by atoms with Crippen molar-refractivity contribution >= 4 is 53.2 Å². The lowest BCUT2D eigenvalue weighted by atomic mass is 10.0. The topological polar surface area (TPSA) is 144 Å². The third-order valence-electron chi connectivity index (χ3n) is 6.48. The maximum atomic E-state index is 12.9. The first-order chi connectivity index (χ1) is 17.2. The molecule has 3 aliphatic heterocycles. The van der Waals surface area contributed by atoms with Crippen LogP contribution in [0.5, 0.6) is 0 Å². The molecule has 3 amide bonds. The van der Waals surface area contributed by atoms with Crippen molar-refractivity contribution in [2.75, 3.05) is 18.1 Å². The quantitative estimate of drug-likeness (QED) is 0.259. The van der Waals surface area contributed by atoms with Crippen molar-refractivity contribution in [3.05, 3.63) is 52.7 Å². The highest BCUT2D eigenvalue weighted by molar-refractivity contribution is 8.00. The zero-order valence-corrected chi connectivity index (χ0v) is 20.6. The first kappa shape index (κ1) is 24.4. The number of amides is 3. The van der Waals surface area contributed by atoms with Crippen molar-refractivity contribution in [3.8, 4) is 0 Å². The van der Waals surface area contributed by atoms with E-state index in [1.54, 1.807) is 18.2 Å². The molecule has 0 unspecified atom stereocenters.